The Hall–Kier alpha value is -3.00. The highest BCUT2D eigenvalue weighted by Gasteiger charge is 2.23. The van der Waals surface area contributed by atoms with E-state index in [-0.39, 0.29) is 22.5 Å². The number of hydrogen-bond acceptors (Lipinski definition) is 8. The monoisotopic (exact) mass is 546 g/mol. The lowest BCUT2D eigenvalue weighted by atomic mass is 10.0. The Morgan fingerprint density at radius 3 is 1.15 bits per heavy atom. The van der Waals surface area contributed by atoms with Crippen LogP contribution in [0.3, 0.4) is 0 Å². The van der Waals surface area contributed by atoms with Crippen LogP contribution in [-0.4, -0.2) is 36.4 Å². The number of halogens is 2. The molecule has 0 unspecified atom stereocenters. The number of rotatable bonds is 5. The molecule has 0 aromatic heterocycles. The summed E-state index contributed by atoms with van der Waals surface area (Å²) < 4.78 is 64.4. The first kappa shape index (κ1) is 27.2. The first-order chi connectivity index (χ1) is 15.6. The van der Waals surface area contributed by atoms with Crippen LogP contribution in [0, 0.1) is 0 Å². The van der Waals surface area contributed by atoms with E-state index in [4.69, 9.17) is 34.7 Å². The van der Waals surface area contributed by atoms with Crippen LogP contribution < -0.4 is 11.5 Å². The molecular formula is C20H16Cl2N2O8S2. The second-order valence-corrected chi connectivity index (χ2v) is 10.1. The lowest BCUT2D eigenvalue weighted by Gasteiger charge is -2.12. The standard InChI is InChI=1S/C12H12N2O6S2.C8H4Cl2O2/c13-7-1-3-9(11(5-7)21(15,16)17)10-4-2-8(14)6-12(10)22(18,19)20;9-7(11)5-1-2-6(4-3-5)8(10)12/h1-6H,13-14H2,(H,15,16,17)(H,18,19,20);1-4H. The largest absolute Gasteiger partial charge is 0.399 e. The fourth-order valence-electron chi connectivity index (χ4n) is 2.68. The van der Waals surface area contributed by atoms with Crippen molar-refractivity contribution in [3.8, 4) is 11.1 Å². The van der Waals surface area contributed by atoms with Crippen LogP contribution in [0.25, 0.3) is 11.1 Å². The maximum atomic E-state index is 11.5. The summed E-state index contributed by atoms with van der Waals surface area (Å²) in [7, 11) is -9.33. The van der Waals surface area contributed by atoms with E-state index >= 15 is 0 Å². The molecular weight excluding hydrogens is 531 g/mol. The van der Waals surface area contributed by atoms with E-state index in [0.29, 0.717) is 11.1 Å². The maximum Gasteiger partial charge on any atom is 0.295 e. The number of nitrogen functional groups attached to an aromatic ring is 2. The van der Waals surface area contributed by atoms with Crippen LogP contribution in [-0.2, 0) is 20.2 Å². The number of nitrogens with two attached hydrogens (primary N) is 2. The molecule has 0 radical (unpaired) electrons. The summed E-state index contributed by atoms with van der Waals surface area (Å²) in [6.45, 7) is 0. The smallest absolute Gasteiger partial charge is 0.295 e. The number of carbonyl (C=O) groups is 2. The third kappa shape index (κ3) is 7.00. The molecule has 0 atom stereocenters. The van der Waals surface area contributed by atoms with Crippen molar-refractivity contribution < 1.29 is 35.5 Å². The summed E-state index contributed by atoms with van der Waals surface area (Å²) in [6.07, 6.45) is 0. The summed E-state index contributed by atoms with van der Waals surface area (Å²) in [5, 5.41) is -1.10. The molecule has 0 bridgehead atoms. The van der Waals surface area contributed by atoms with Crippen LogP contribution >= 0.6 is 23.2 Å². The Morgan fingerprint density at radius 1 is 0.618 bits per heavy atom. The fraction of sp³-hybridized carbons (Fsp3) is 0. The van der Waals surface area contributed by atoms with Gasteiger partial charge in [-0.15, -0.1) is 0 Å². The number of benzene rings is 3. The molecule has 0 saturated carbocycles. The van der Waals surface area contributed by atoms with E-state index in [1.54, 1.807) is 0 Å². The zero-order chi connectivity index (χ0) is 25.8. The van der Waals surface area contributed by atoms with Crippen molar-refractivity contribution in [2.24, 2.45) is 0 Å². The molecule has 0 aliphatic carbocycles. The summed E-state index contributed by atoms with van der Waals surface area (Å²) in [5.41, 5.74) is 11.5. The molecule has 10 nitrogen and oxygen atoms in total. The Morgan fingerprint density at radius 2 is 0.912 bits per heavy atom. The van der Waals surface area contributed by atoms with Gasteiger partial charge in [0, 0.05) is 33.6 Å². The topological polar surface area (TPSA) is 195 Å². The van der Waals surface area contributed by atoms with Crippen LogP contribution in [0.2, 0.25) is 0 Å². The number of carbonyl (C=O) groups excluding carboxylic acids is 2. The minimum absolute atomic E-state index is 0.0558. The molecule has 3 rings (SSSR count). The van der Waals surface area contributed by atoms with Gasteiger partial charge < -0.3 is 11.5 Å². The molecule has 34 heavy (non-hydrogen) atoms. The Kier molecular flexibility index (Phi) is 8.42. The first-order valence-electron chi connectivity index (χ1n) is 8.85. The minimum Gasteiger partial charge on any atom is -0.399 e. The van der Waals surface area contributed by atoms with Gasteiger partial charge in [-0.2, -0.15) is 16.8 Å². The van der Waals surface area contributed by atoms with E-state index in [9.17, 15) is 35.5 Å². The van der Waals surface area contributed by atoms with E-state index in [1.807, 2.05) is 0 Å². The highest BCUT2D eigenvalue weighted by Crippen LogP contribution is 2.34. The summed E-state index contributed by atoms with van der Waals surface area (Å²) >= 11 is 10.4. The molecule has 3 aromatic rings. The van der Waals surface area contributed by atoms with Crippen molar-refractivity contribution in [1.82, 2.24) is 0 Å². The quantitative estimate of drug-likeness (QED) is 0.209. The van der Waals surface area contributed by atoms with Gasteiger partial charge in [0.1, 0.15) is 9.79 Å². The van der Waals surface area contributed by atoms with Crippen molar-refractivity contribution in [3.63, 3.8) is 0 Å². The average Bonchev–Trinajstić information content (AvgIpc) is 2.73. The third-order valence-corrected chi connectivity index (χ3v) is 6.42. The van der Waals surface area contributed by atoms with E-state index < -0.39 is 40.5 Å². The van der Waals surface area contributed by atoms with Gasteiger partial charge in [-0.3, -0.25) is 18.7 Å². The van der Waals surface area contributed by atoms with Crippen molar-refractivity contribution in [2.75, 3.05) is 11.5 Å². The molecule has 0 aliphatic heterocycles. The third-order valence-electron chi connectivity index (χ3n) is 4.20. The van der Waals surface area contributed by atoms with Crippen LogP contribution in [0.4, 0.5) is 11.4 Å². The SMILES string of the molecule is Nc1ccc(-c2ccc(N)cc2S(=O)(=O)O)c(S(=O)(=O)O)c1.O=C(Cl)c1ccc(C(=O)Cl)cc1. The van der Waals surface area contributed by atoms with Gasteiger partial charge in [0.2, 0.25) is 0 Å². The van der Waals surface area contributed by atoms with Gasteiger partial charge in [-0.1, -0.05) is 12.1 Å². The Bertz CT molecular complexity index is 1360. The number of hydrogen-bond donors (Lipinski definition) is 4. The zero-order valence-corrected chi connectivity index (χ0v) is 20.0. The molecule has 0 amide bonds. The van der Waals surface area contributed by atoms with Gasteiger partial charge >= 0.3 is 0 Å². The Balaban J connectivity index is 0.000000287. The lowest BCUT2D eigenvalue weighted by molar-refractivity contribution is 0.107. The van der Waals surface area contributed by atoms with Gasteiger partial charge in [0.05, 0.1) is 0 Å². The van der Waals surface area contributed by atoms with Crippen molar-refractivity contribution >= 4 is 65.3 Å². The molecule has 6 N–H and O–H groups in total. The second-order valence-electron chi connectivity index (χ2n) is 6.59. The highest BCUT2D eigenvalue weighted by molar-refractivity contribution is 7.86. The summed E-state index contributed by atoms with van der Waals surface area (Å²) in [6, 6.07) is 12.9. The molecule has 0 fully saturated rings. The lowest BCUT2D eigenvalue weighted by Crippen LogP contribution is -2.06. The van der Waals surface area contributed by atoms with Gasteiger partial charge in [0.15, 0.2) is 0 Å². The summed E-state index contributed by atoms with van der Waals surface area (Å²) in [5.74, 6) is 0. The predicted molar refractivity (Wildman–Crippen MR) is 127 cm³/mol. The highest BCUT2D eigenvalue weighted by atomic mass is 35.5. The number of anilines is 2. The summed E-state index contributed by atoms with van der Waals surface area (Å²) in [4.78, 5) is 20.0. The minimum atomic E-state index is -4.66. The van der Waals surface area contributed by atoms with E-state index in [0.717, 1.165) is 12.1 Å². The molecule has 0 saturated heterocycles. The van der Waals surface area contributed by atoms with Crippen molar-refractivity contribution in [2.45, 2.75) is 9.79 Å². The molecule has 3 aromatic carbocycles. The van der Waals surface area contributed by atoms with Crippen molar-refractivity contribution in [3.05, 3.63) is 71.8 Å². The molecule has 0 spiro atoms. The zero-order valence-electron chi connectivity index (χ0n) is 16.8. The maximum absolute atomic E-state index is 11.5. The second kappa shape index (κ2) is 10.5. The predicted octanol–water partition coefficient (Wildman–Crippen LogP) is 3.46. The van der Waals surface area contributed by atoms with Crippen LogP contribution in [0.5, 0.6) is 0 Å². The normalized spacial score (nSPS) is 11.3. The molecule has 180 valence electrons. The molecule has 0 heterocycles. The average molecular weight is 547 g/mol. The van der Waals surface area contributed by atoms with E-state index in [1.165, 1.54) is 48.5 Å². The first-order valence-corrected chi connectivity index (χ1v) is 12.5. The van der Waals surface area contributed by atoms with Crippen LogP contribution in [0.1, 0.15) is 20.7 Å². The van der Waals surface area contributed by atoms with Gasteiger partial charge in [0.25, 0.3) is 30.7 Å². The fourth-order valence-corrected chi connectivity index (χ4v) is 4.42. The van der Waals surface area contributed by atoms with Gasteiger partial charge in [-0.05, 0) is 71.7 Å². The molecule has 0 aliphatic rings. The molecule has 14 heteroatoms. The van der Waals surface area contributed by atoms with E-state index in [2.05, 4.69) is 0 Å². The van der Waals surface area contributed by atoms with Crippen LogP contribution in [0.15, 0.2) is 70.5 Å². The van der Waals surface area contributed by atoms with Crippen molar-refractivity contribution in [1.29, 1.82) is 0 Å². The Labute approximate surface area is 204 Å². The van der Waals surface area contributed by atoms with Gasteiger partial charge in [-0.25, -0.2) is 0 Å².